The fourth-order valence-corrected chi connectivity index (χ4v) is 2.83. The molecule has 4 heteroatoms. The van der Waals surface area contributed by atoms with E-state index >= 15 is 0 Å². The predicted octanol–water partition coefficient (Wildman–Crippen LogP) is 3.96. The molecule has 2 aromatic carbocycles. The molecule has 1 aliphatic rings. The van der Waals surface area contributed by atoms with E-state index < -0.39 is 0 Å². The Bertz CT molecular complexity index is 901. The minimum absolute atomic E-state index is 0.350. The highest BCUT2D eigenvalue weighted by atomic mass is 16.5. The van der Waals surface area contributed by atoms with Crippen molar-refractivity contribution in [1.82, 2.24) is 9.97 Å². The van der Waals surface area contributed by atoms with Crippen LogP contribution in [0.2, 0.25) is 0 Å². The van der Waals surface area contributed by atoms with Gasteiger partial charge in [-0.3, -0.25) is 0 Å². The van der Waals surface area contributed by atoms with Gasteiger partial charge in [-0.1, -0.05) is 30.3 Å². The Morgan fingerprint density at radius 2 is 1.65 bits per heavy atom. The van der Waals surface area contributed by atoms with Gasteiger partial charge in [-0.15, -0.1) is 0 Å². The summed E-state index contributed by atoms with van der Waals surface area (Å²) in [6, 6.07) is 15.3. The molecule has 3 aromatic rings. The summed E-state index contributed by atoms with van der Waals surface area (Å²) < 4.78 is 4.91. The number of rotatable bonds is 3. The number of esters is 1. The van der Waals surface area contributed by atoms with E-state index in [1.807, 2.05) is 42.5 Å². The van der Waals surface area contributed by atoms with Gasteiger partial charge >= 0.3 is 5.97 Å². The molecular formula is C19H16N2O2. The van der Waals surface area contributed by atoms with E-state index in [2.05, 4.69) is 0 Å². The summed E-state index contributed by atoms with van der Waals surface area (Å²) in [7, 11) is 1.40. The minimum Gasteiger partial charge on any atom is -0.465 e. The van der Waals surface area contributed by atoms with Crippen molar-refractivity contribution in [3.05, 3.63) is 59.8 Å². The quantitative estimate of drug-likeness (QED) is 0.687. The van der Waals surface area contributed by atoms with Gasteiger partial charge < -0.3 is 4.74 Å². The Hall–Kier alpha value is -2.75. The lowest BCUT2D eigenvalue weighted by molar-refractivity contribution is 0.0601. The second-order valence-electron chi connectivity index (χ2n) is 5.76. The van der Waals surface area contributed by atoms with Crippen LogP contribution in [0.25, 0.3) is 22.3 Å². The zero-order valence-electron chi connectivity index (χ0n) is 12.8. The number of ether oxygens (including phenoxy) is 1. The molecule has 1 aromatic heterocycles. The Balaban J connectivity index is 1.98. The van der Waals surface area contributed by atoms with Crippen molar-refractivity contribution < 1.29 is 9.53 Å². The summed E-state index contributed by atoms with van der Waals surface area (Å²) in [5.41, 5.74) is 4.84. The van der Waals surface area contributed by atoms with Gasteiger partial charge in [0.15, 0.2) is 0 Å². The summed E-state index contributed by atoms with van der Waals surface area (Å²) in [5, 5.41) is 0. The van der Waals surface area contributed by atoms with E-state index in [1.165, 1.54) is 7.11 Å². The Morgan fingerprint density at radius 1 is 1.00 bits per heavy atom. The van der Waals surface area contributed by atoms with Crippen LogP contribution in [0.5, 0.6) is 0 Å². The van der Waals surface area contributed by atoms with Gasteiger partial charge in [0.2, 0.25) is 0 Å². The predicted molar refractivity (Wildman–Crippen MR) is 88.3 cm³/mol. The Labute approximate surface area is 134 Å². The molecule has 1 fully saturated rings. The summed E-state index contributed by atoms with van der Waals surface area (Å²) in [5.74, 6) is 0.0881. The zero-order valence-corrected chi connectivity index (χ0v) is 12.8. The molecule has 0 radical (unpaired) electrons. The van der Waals surface area contributed by atoms with Crippen LogP contribution in [0.4, 0.5) is 0 Å². The molecule has 0 aliphatic heterocycles. The molecule has 0 saturated heterocycles. The first kappa shape index (κ1) is 13.9. The molecule has 1 saturated carbocycles. The van der Waals surface area contributed by atoms with E-state index in [0.29, 0.717) is 11.5 Å². The van der Waals surface area contributed by atoms with Crippen molar-refractivity contribution in [2.24, 2.45) is 0 Å². The van der Waals surface area contributed by atoms with Gasteiger partial charge in [0.05, 0.1) is 35.1 Å². The lowest BCUT2D eigenvalue weighted by Crippen LogP contribution is -2.06. The van der Waals surface area contributed by atoms with Crippen LogP contribution >= 0.6 is 0 Å². The lowest BCUT2D eigenvalue weighted by atomic mass is 10.0. The van der Waals surface area contributed by atoms with Crippen LogP contribution < -0.4 is 0 Å². The fourth-order valence-electron chi connectivity index (χ4n) is 2.83. The molecule has 0 amide bonds. The van der Waals surface area contributed by atoms with Crippen molar-refractivity contribution >= 4 is 17.0 Å². The van der Waals surface area contributed by atoms with Crippen LogP contribution in [0.15, 0.2) is 48.5 Å². The maximum Gasteiger partial charge on any atom is 0.338 e. The van der Waals surface area contributed by atoms with Crippen LogP contribution in [0.3, 0.4) is 0 Å². The summed E-state index contributed by atoms with van der Waals surface area (Å²) in [6.45, 7) is 0. The summed E-state index contributed by atoms with van der Waals surface area (Å²) in [4.78, 5) is 21.7. The minimum atomic E-state index is -0.350. The number of carbonyl (C=O) groups is 1. The molecule has 23 heavy (non-hydrogen) atoms. The maximum absolute atomic E-state index is 12.1. The van der Waals surface area contributed by atoms with Crippen molar-refractivity contribution in [3.8, 4) is 11.3 Å². The molecule has 1 aliphatic carbocycles. The van der Waals surface area contributed by atoms with Gasteiger partial charge in [-0.2, -0.15) is 0 Å². The second-order valence-corrected chi connectivity index (χ2v) is 5.76. The van der Waals surface area contributed by atoms with Gasteiger partial charge in [0.25, 0.3) is 0 Å². The number of hydrogen-bond acceptors (Lipinski definition) is 4. The smallest absolute Gasteiger partial charge is 0.338 e. The first-order chi connectivity index (χ1) is 11.3. The number of hydrogen-bond donors (Lipinski definition) is 0. The maximum atomic E-state index is 12.1. The first-order valence-corrected chi connectivity index (χ1v) is 7.72. The molecule has 0 spiro atoms. The number of benzene rings is 2. The summed E-state index contributed by atoms with van der Waals surface area (Å²) in [6.07, 6.45) is 2.25. The zero-order chi connectivity index (χ0) is 15.8. The van der Waals surface area contributed by atoms with Crippen molar-refractivity contribution in [1.29, 1.82) is 0 Å². The average Bonchev–Trinajstić information content (AvgIpc) is 3.45. The van der Waals surface area contributed by atoms with E-state index in [4.69, 9.17) is 14.7 Å². The number of para-hydroxylation sites is 2. The van der Waals surface area contributed by atoms with Crippen LogP contribution in [0, 0.1) is 0 Å². The molecule has 0 unspecified atom stereocenters. The first-order valence-electron chi connectivity index (χ1n) is 7.72. The second kappa shape index (κ2) is 5.47. The van der Waals surface area contributed by atoms with Crippen molar-refractivity contribution in [2.75, 3.05) is 7.11 Å². The topological polar surface area (TPSA) is 52.1 Å². The number of carbonyl (C=O) groups excluding carboxylic acids is 1. The molecule has 4 rings (SSSR count). The van der Waals surface area contributed by atoms with Gasteiger partial charge in [0, 0.05) is 11.5 Å². The summed E-state index contributed by atoms with van der Waals surface area (Å²) >= 11 is 0. The number of methoxy groups -OCH3 is 1. The van der Waals surface area contributed by atoms with E-state index in [1.54, 1.807) is 6.07 Å². The molecule has 0 atom stereocenters. The molecule has 4 nitrogen and oxygen atoms in total. The number of nitrogens with zero attached hydrogens (tertiary/aromatic N) is 2. The SMILES string of the molecule is COC(=O)c1ccccc1-c1nc2ccccc2nc1C1CC1. The largest absolute Gasteiger partial charge is 0.465 e. The number of fused-ring (bicyclic) bond motifs is 1. The molecular weight excluding hydrogens is 288 g/mol. The lowest BCUT2D eigenvalue weighted by Gasteiger charge is -2.12. The van der Waals surface area contributed by atoms with Crippen molar-refractivity contribution in [3.63, 3.8) is 0 Å². The van der Waals surface area contributed by atoms with Gasteiger partial charge in [-0.25, -0.2) is 14.8 Å². The average molecular weight is 304 g/mol. The van der Waals surface area contributed by atoms with Crippen molar-refractivity contribution in [2.45, 2.75) is 18.8 Å². The highest BCUT2D eigenvalue weighted by Gasteiger charge is 2.30. The Kier molecular flexibility index (Phi) is 3.30. The standard InChI is InChI=1S/C19H16N2O2/c1-23-19(22)14-7-3-2-6-13(14)18-17(12-10-11-12)20-15-8-4-5-9-16(15)21-18/h2-9,12H,10-11H2,1H3. The number of aromatic nitrogens is 2. The van der Waals surface area contributed by atoms with E-state index in [-0.39, 0.29) is 5.97 Å². The van der Waals surface area contributed by atoms with Crippen LogP contribution in [-0.4, -0.2) is 23.0 Å². The molecule has 0 N–H and O–H groups in total. The molecule has 1 heterocycles. The third kappa shape index (κ3) is 2.46. The highest BCUT2D eigenvalue weighted by Crippen LogP contribution is 2.43. The van der Waals surface area contributed by atoms with Gasteiger partial charge in [-0.05, 0) is 31.0 Å². The molecule has 114 valence electrons. The third-order valence-corrected chi connectivity index (χ3v) is 4.15. The molecule has 0 bridgehead atoms. The van der Waals surface area contributed by atoms with Crippen LogP contribution in [-0.2, 0) is 4.74 Å². The monoisotopic (exact) mass is 304 g/mol. The van der Waals surface area contributed by atoms with Gasteiger partial charge in [0.1, 0.15) is 0 Å². The normalized spacial score (nSPS) is 14.0. The van der Waals surface area contributed by atoms with E-state index in [0.717, 1.165) is 40.8 Å². The fraction of sp³-hybridized carbons (Fsp3) is 0.211. The van der Waals surface area contributed by atoms with Crippen LogP contribution in [0.1, 0.15) is 34.8 Å². The van der Waals surface area contributed by atoms with E-state index in [9.17, 15) is 4.79 Å². The Morgan fingerprint density at radius 3 is 2.35 bits per heavy atom. The third-order valence-electron chi connectivity index (χ3n) is 4.15. The highest BCUT2D eigenvalue weighted by molar-refractivity contribution is 5.97.